The topological polar surface area (TPSA) is 55.1 Å². The molecule has 0 heterocycles. The van der Waals surface area contributed by atoms with E-state index in [9.17, 15) is 13.6 Å². The van der Waals surface area contributed by atoms with E-state index in [0.29, 0.717) is 15.2 Å². The van der Waals surface area contributed by atoms with Crippen LogP contribution >= 0.6 is 38.5 Å². The highest BCUT2D eigenvalue weighted by atomic mass is 127. The van der Waals surface area contributed by atoms with Crippen molar-refractivity contribution in [2.45, 2.75) is 0 Å². The summed E-state index contributed by atoms with van der Waals surface area (Å²) in [5, 5.41) is 2.36. The molecule has 0 saturated heterocycles. The number of anilines is 2. The summed E-state index contributed by atoms with van der Waals surface area (Å²) in [6.45, 7) is 0. The van der Waals surface area contributed by atoms with E-state index in [0.717, 1.165) is 10.5 Å². The van der Waals surface area contributed by atoms with Gasteiger partial charge in [0, 0.05) is 14.1 Å². The predicted molar refractivity (Wildman–Crippen MR) is 85.6 cm³/mol. The van der Waals surface area contributed by atoms with Gasteiger partial charge in [-0.2, -0.15) is 0 Å². The van der Waals surface area contributed by atoms with E-state index in [2.05, 4.69) is 21.2 Å². The number of hydrogen-bond donors (Lipinski definition) is 2. The first-order valence-corrected chi connectivity index (χ1v) is 7.26. The van der Waals surface area contributed by atoms with Crippen LogP contribution in [0.5, 0.6) is 0 Å². The zero-order valence-corrected chi connectivity index (χ0v) is 13.6. The number of halogens is 4. The number of carbonyl (C=O) groups excluding carboxylic acids is 1. The van der Waals surface area contributed by atoms with E-state index in [4.69, 9.17) is 5.73 Å². The highest BCUT2D eigenvalue weighted by Gasteiger charge is 2.16. The normalized spacial score (nSPS) is 10.4. The highest BCUT2D eigenvalue weighted by Crippen LogP contribution is 2.26. The maximum absolute atomic E-state index is 13.6. The molecular formula is C13H8BrF2IN2O. The molecule has 0 saturated carbocycles. The molecule has 0 bridgehead atoms. The van der Waals surface area contributed by atoms with E-state index >= 15 is 0 Å². The molecule has 0 unspecified atom stereocenters. The first-order valence-electron chi connectivity index (χ1n) is 5.39. The summed E-state index contributed by atoms with van der Waals surface area (Å²) in [6, 6.07) is 6.74. The zero-order valence-electron chi connectivity index (χ0n) is 9.88. The van der Waals surface area contributed by atoms with Crippen LogP contribution in [0.4, 0.5) is 20.2 Å². The molecule has 2 aromatic carbocycles. The lowest BCUT2D eigenvalue weighted by atomic mass is 10.2. The zero-order chi connectivity index (χ0) is 14.9. The summed E-state index contributed by atoms with van der Waals surface area (Å²) in [7, 11) is 0. The smallest absolute Gasteiger partial charge is 0.256 e. The third-order valence-corrected chi connectivity index (χ3v) is 3.93. The summed E-state index contributed by atoms with van der Waals surface area (Å²) < 4.78 is 28.0. The van der Waals surface area contributed by atoms with Crippen molar-refractivity contribution in [1.29, 1.82) is 0 Å². The predicted octanol–water partition coefficient (Wildman–Crippen LogP) is 4.17. The van der Waals surface area contributed by atoms with Crippen LogP contribution in [0.3, 0.4) is 0 Å². The van der Waals surface area contributed by atoms with Gasteiger partial charge in [-0.1, -0.05) is 15.9 Å². The number of hydrogen-bond acceptors (Lipinski definition) is 2. The van der Waals surface area contributed by atoms with Crippen LogP contribution in [0.2, 0.25) is 0 Å². The van der Waals surface area contributed by atoms with Gasteiger partial charge in [-0.15, -0.1) is 0 Å². The molecule has 0 spiro atoms. The second kappa shape index (κ2) is 6.04. The summed E-state index contributed by atoms with van der Waals surface area (Å²) in [4.78, 5) is 12.1. The number of amides is 1. The number of rotatable bonds is 2. The van der Waals surface area contributed by atoms with Gasteiger partial charge < -0.3 is 11.1 Å². The van der Waals surface area contributed by atoms with Gasteiger partial charge in [-0.25, -0.2) is 8.78 Å². The summed E-state index contributed by atoms with van der Waals surface area (Å²) in [5.74, 6) is -2.23. The molecule has 1 amide bonds. The molecule has 3 N–H and O–H groups in total. The molecule has 0 aliphatic carbocycles. The first kappa shape index (κ1) is 15.2. The van der Waals surface area contributed by atoms with E-state index in [-0.39, 0.29) is 11.4 Å². The SMILES string of the molecule is Nc1cc(F)cc(F)c1NC(=O)c1cc(Br)ccc1I. The van der Waals surface area contributed by atoms with Gasteiger partial charge in [-0.05, 0) is 46.9 Å². The number of nitrogen functional groups attached to an aromatic ring is 1. The molecule has 2 rings (SSSR count). The van der Waals surface area contributed by atoms with E-state index in [1.807, 2.05) is 22.6 Å². The maximum atomic E-state index is 13.6. The molecule has 0 aliphatic rings. The Labute approximate surface area is 135 Å². The molecule has 0 fully saturated rings. The van der Waals surface area contributed by atoms with E-state index in [1.54, 1.807) is 18.2 Å². The monoisotopic (exact) mass is 452 g/mol. The van der Waals surface area contributed by atoms with Gasteiger partial charge in [0.2, 0.25) is 0 Å². The molecule has 20 heavy (non-hydrogen) atoms. The van der Waals surface area contributed by atoms with E-state index < -0.39 is 17.5 Å². The highest BCUT2D eigenvalue weighted by molar-refractivity contribution is 14.1. The number of carbonyl (C=O) groups is 1. The van der Waals surface area contributed by atoms with Crippen LogP contribution in [0, 0.1) is 15.2 Å². The Morgan fingerprint density at radius 3 is 2.60 bits per heavy atom. The minimum Gasteiger partial charge on any atom is -0.397 e. The van der Waals surface area contributed by atoms with Crippen LogP contribution < -0.4 is 11.1 Å². The number of nitrogens with one attached hydrogen (secondary N) is 1. The lowest BCUT2D eigenvalue weighted by molar-refractivity contribution is 0.102. The van der Waals surface area contributed by atoms with Crippen molar-refractivity contribution in [2.24, 2.45) is 0 Å². The Kier molecular flexibility index (Phi) is 4.59. The largest absolute Gasteiger partial charge is 0.397 e. The fourth-order valence-corrected chi connectivity index (χ4v) is 2.52. The molecule has 104 valence electrons. The molecular weight excluding hydrogens is 445 g/mol. The van der Waals surface area contributed by atoms with Gasteiger partial charge in [0.15, 0.2) is 5.82 Å². The van der Waals surface area contributed by atoms with Crippen LogP contribution in [-0.2, 0) is 0 Å². The van der Waals surface area contributed by atoms with Gasteiger partial charge in [-0.3, -0.25) is 4.79 Å². The van der Waals surface area contributed by atoms with Crippen molar-refractivity contribution < 1.29 is 13.6 Å². The Bertz CT molecular complexity index is 671. The maximum Gasteiger partial charge on any atom is 0.256 e. The fourth-order valence-electron chi connectivity index (χ4n) is 1.58. The molecule has 3 nitrogen and oxygen atoms in total. The fraction of sp³-hybridized carbons (Fsp3) is 0. The average molecular weight is 453 g/mol. The van der Waals surface area contributed by atoms with Crippen LogP contribution in [0.25, 0.3) is 0 Å². The van der Waals surface area contributed by atoms with Gasteiger partial charge >= 0.3 is 0 Å². The van der Waals surface area contributed by atoms with Crippen molar-refractivity contribution in [2.75, 3.05) is 11.1 Å². The Morgan fingerprint density at radius 1 is 1.25 bits per heavy atom. The lowest BCUT2D eigenvalue weighted by Gasteiger charge is -2.10. The molecule has 0 atom stereocenters. The number of nitrogens with two attached hydrogens (primary N) is 1. The molecule has 7 heteroatoms. The Hall–Kier alpha value is -1.22. The summed E-state index contributed by atoms with van der Waals surface area (Å²) in [5.41, 5.74) is 5.48. The third-order valence-electron chi connectivity index (χ3n) is 2.50. The summed E-state index contributed by atoms with van der Waals surface area (Å²) >= 11 is 5.25. The van der Waals surface area contributed by atoms with Crippen LogP contribution in [0.1, 0.15) is 10.4 Å². The van der Waals surface area contributed by atoms with Crippen molar-refractivity contribution in [1.82, 2.24) is 0 Å². The van der Waals surface area contributed by atoms with E-state index in [1.165, 1.54) is 0 Å². The molecule has 0 aromatic heterocycles. The van der Waals surface area contributed by atoms with Crippen molar-refractivity contribution in [3.8, 4) is 0 Å². The Morgan fingerprint density at radius 2 is 1.95 bits per heavy atom. The average Bonchev–Trinajstić information content (AvgIpc) is 2.36. The second-order valence-electron chi connectivity index (χ2n) is 3.93. The minimum atomic E-state index is -0.916. The van der Waals surface area contributed by atoms with Gasteiger partial charge in [0.1, 0.15) is 11.5 Å². The van der Waals surface area contributed by atoms with Gasteiger partial charge in [0.05, 0.1) is 11.3 Å². The lowest BCUT2D eigenvalue weighted by Crippen LogP contribution is -2.16. The first-order chi connectivity index (χ1) is 9.38. The standard InChI is InChI=1S/C13H8BrF2IN2O/c14-6-1-2-10(17)8(3-6)13(20)19-12-9(16)4-7(15)5-11(12)18/h1-5H,18H2,(H,19,20). The quantitative estimate of drug-likeness (QED) is 0.530. The van der Waals surface area contributed by atoms with Crippen LogP contribution in [0.15, 0.2) is 34.8 Å². The summed E-state index contributed by atoms with van der Waals surface area (Å²) in [6.07, 6.45) is 0. The molecule has 0 radical (unpaired) electrons. The third kappa shape index (κ3) is 3.26. The number of benzene rings is 2. The second-order valence-corrected chi connectivity index (χ2v) is 6.01. The molecule has 2 aromatic rings. The van der Waals surface area contributed by atoms with Crippen LogP contribution in [-0.4, -0.2) is 5.91 Å². The van der Waals surface area contributed by atoms with Gasteiger partial charge in [0.25, 0.3) is 5.91 Å². The Balaban J connectivity index is 2.35. The van der Waals surface area contributed by atoms with Crippen molar-refractivity contribution in [3.63, 3.8) is 0 Å². The van der Waals surface area contributed by atoms with Crippen molar-refractivity contribution >= 4 is 55.8 Å². The molecule has 0 aliphatic heterocycles. The minimum absolute atomic E-state index is 0.166. The van der Waals surface area contributed by atoms with Crippen molar-refractivity contribution in [3.05, 3.63) is 55.6 Å².